The number of hydrogen-bond acceptors (Lipinski definition) is 5. The molecular formula is C20H15N3O4. The van der Waals surface area contributed by atoms with Crippen LogP contribution in [0.5, 0.6) is 0 Å². The summed E-state index contributed by atoms with van der Waals surface area (Å²) in [4.78, 5) is 45.4. The summed E-state index contributed by atoms with van der Waals surface area (Å²) >= 11 is 0. The normalized spacial score (nSPS) is 11.0. The minimum Gasteiger partial charge on any atom is -0.451 e. The standard InChI is InChI=1S/C20H15N3O4/c1-23(11-18-21-14-8-4-2-6-12(14)19(25)22-18)20(26)17-10-15(24)13-7-3-5-9-16(13)27-17/h2-10H,11H2,1H3,(H,21,22,25). The number of amides is 1. The second-order valence-electron chi connectivity index (χ2n) is 6.16. The second kappa shape index (κ2) is 6.53. The van der Waals surface area contributed by atoms with Crippen molar-refractivity contribution in [3.63, 3.8) is 0 Å². The second-order valence-corrected chi connectivity index (χ2v) is 6.16. The molecule has 0 aliphatic heterocycles. The smallest absolute Gasteiger partial charge is 0.289 e. The van der Waals surface area contributed by atoms with Gasteiger partial charge in [0.1, 0.15) is 11.4 Å². The Hall–Kier alpha value is -3.74. The Kier molecular flexibility index (Phi) is 4.04. The molecule has 7 nitrogen and oxygen atoms in total. The number of nitrogens with zero attached hydrogens (tertiary/aromatic N) is 2. The molecular weight excluding hydrogens is 346 g/mol. The largest absolute Gasteiger partial charge is 0.451 e. The van der Waals surface area contributed by atoms with Gasteiger partial charge in [-0.1, -0.05) is 24.3 Å². The zero-order valence-electron chi connectivity index (χ0n) is 14.4. The maximum absolute atomic E-state index is 12.7. The summed E-state index contributed by atoms with van der Waals surface area (Å²) in [6, 6.07) is 14.9. The van der Waals surface area contributed by atoms with Crippen LogP contribution in [0.15, 0.2) is 68.6 Å². The Labute approximate surface area is 152 Å². The van der Waals surface area contributed by atoms with Gasteiger partial charge in [0.05, 0.1) is 22.8 Å². The van der Waals surface area contributed by atoms with Crippen LogP contribution in [0.25, 0.3) is 21.9 Å². The molecule has 0 aliphatic rings. The number of rotatable bonds is 3. The minimum atomic E-state index is -0.478. The summed E-state index contributed by atoms with van der Waals surface area (Å²) in [5, 5.41) is 0.896. The van der Waals surface area contributed by atoms with E-state index in [0.717, 1.165) is 0 Å². The van der Waals surface area contributed by atoms with Crippen molar-refractivity contribution in [2.24, 2.45) is 0 Å². The van der Waals surface area contributed by atoms with Gasteiger partial charge < -0.3 is 14.3 Å². The van der Waals surface area contributed by atoms with Crippen molar-refractivity contribution in [3.8, 4) is 0 Å². The highest BCUT2D eigenvalue weighted by Crippen LogP contribution is 2.14. The number of benzene rings is 2. The quantitative estimate of drug-likeness (QED) is 0.604. The lowest BCUT2D eigenvalue weighted by Crippen LogP contribution is -2.29. The first-order chi connectivity index (χ1) is 13.0. The van der Waals surface area contributed by atoms with Crippen molar-refractivity contribution in [3.05, 3.63) is 86.8 Å². The fourth-order valence-electron chi connectivity index (χ4n) is 2.90. The van der Waals surface area contributed by atoms with E-state index in [4.69, 9.17) is 4.42 Å². The molecule has 0 fully saturated rings. The maximum atomic E-state index is 12.7. The van der Waals surface area contributed by atoms with Crippen molar-refractivity contribution < 1.29 is 9.21 Å². The van der Waals surface area contributed by atoms with E-state index in [9.17, 15) is 14.4 Å². The third kappa shape index (κ3) is 3.10. The molecule has 0 unspecified atom stereocenters. The summed E-state index contributed by atoms with van der Waals surface area (Å²) in [7, 11) is 1.55. The van der Waals surface area contributed by atoms with Crippen LogP contribution in [-0.4, -0.2) is 27.8 Å². The molecule has 0 bridgehead atoms. The lowest BCUT2D eigenvalue weighted by Gasteiger charge is -2.16. The lowest BCUT2D eigenvalue weighted by molar-refractivity contribution is 0.0750. The molecule has 0 atom stereocenters. The Morgan fingerprint density at radius 3 is 2.59 bits per heavy atom. The van der Waals surface area contributed by atoms with Crippen LogP contribution >= 0.6 is 0 Å². The predicted molar refractivity (Wildman–Crippen MR) is 101 cm³/mol. The van der Waals surface area contributed by atoms with Crippen LogP contribution in [0.4, 0.5) is 0 Å². The van der Waals surface area contributed by atoms with Gasteiger partial charge in [-0.05, 0) is 24.3 Å². The molecule has 0 aliphatic carbocycles. The van der Waals surface area contributed by atoms with E-state index in [1.807, 2.05) is 0 Å². The van der Waals surface area contributed by atoms with Gasteiger partial charge >= 0.3 is 0 Å². The highest BCUT2D eigenvalue weighted by Gasteiger charge is 2.18. The van der Waals surface area contributed by atoms with Crippen molar-refractivity contribution in [2.75, 3.05) is 7.05 Å². The molecule has 2 aromatic carbocycles. The molecule has 1 amide bonds. The minimum absolute atomic E-state index is 0.0649. The van der Waals surface area contributed by atoms with Gasteiger partial charge in [0.15, 0.2) is 11.2 Å². The van der Waals surface area contributed by atoms with E-state index in [1.165, 1.54) is 11.0 Å². The molecule has 4 aromatic rings. The molecule has 0 radical (unpaired) electrons. The molecule has 134 valence electrons. The molecule has 2 aromatic heterocycles. The third-order valence-corrected chi connectivity index (χ3v) is 4.24. The zero-order chi connectivity index (χ0) is 19.0. The Balaban J connectivity index is 1.65. The van der Waals surface area contributed by atoms with E-state index < -0.39 is 5.91 Å². The van der Waals surface area contributed by atoms with E-state index in [0.29, 0.717) is 27.7 Å². The van der Waals surface area contributed by atoms with Gasteiger partial charge in [-0.3, -0.25) is 14.4 Å². The molecule has 4 rings (SSSR count). The van der Waals surface area contributed by atoms with Gasteiger partial charge in [-0.25, -0.2) is 4.98 Å². The fourth-order valence-corrected chi connectivity index (χ4v) is 2.90. The Morgan fingerprint density at radius 2 is 1.78 bits per heavy atom. The van der Waals surface area contributed by atoms with Gasteiger partial charge in [-0.2, -0.15) is 0 Å². The topological polar surface area (TPSA) is 96.3 Å². The number of H-pyrrole nitrogens is 1. The van der Waals surface area contributed by atoms with Crippen molar-refractivity contribution in [1.82, 2.24) is 14.9 Å². The van der Waals surface area contributed by atoms with Crippen LogP contribution in [0.2, 0.25) is 0 Å². The average molecular weight is 361 g/mol. The van der Waals surface area contributed by atoms with Crippen molar-refractivity contribution in [1.29, 1.82) is 0 Å². The number of carbonyl (C=O) groups is 1. The highest BCUT2D eigenvalue weighted by molar-refractivity contribution is 5.93. The third-order valence-electron chi connectivity index (χ3n) is 4.24. The zero-order valence-corrected chi connectivity index (χ0v) is 14.4. The predicted octanol–water partition coefficient (Wildman–Crippen LogP) is 2.30. The van der Waals surface area contributed by atoms with Gasteiger partial charge in [0.2, 0.25) is 0 Å². The summed E-state index contributed by atoms with van der Waals surface area (Å²) < 4.78 is 5.57. The van der Waals surface area contributed by atoms with E-state index in [1.54, 1.807) is 55.6 Å². The van der Waals surface area contributed by atoms with Gasteiger partial charge in [-0.15, -0.1) is 0 Å². The summed E-state index contributed by atoms with van der Waals surface area (Å²) in [6.07, 6.45) is 0. The molecule has 0 saturated carbocycles. The van der Waals surface area contributed by atoms with Gasteiger partial charge in [0, 0.05) is 13.1 Å². The number of aromatic amines is 1. The van der Waals surface area contributed by atoms with Crippen LogP contribution in [0.1, 0.15) is 16.4 Å². The molecule has 27 heavy (non-hydrogen) atoms. The molecule has 2 heterocycles. The molecule has 7 heteroatoms. The molecule has 0 saturated heterocycles. The van der Waals surface area contributed by atoms with Crippen LogP contribution in [0, 0.1) is 0 Å². The maximum Gasteiger partial charge on any atom is 0.289 e. The molecule has 1 N–H and O–H groups in total. The Morgan fingerprint density at radius 1 is 1.07 bits per heavy atom. The van der Waals surface area contributed by atoms with E-state index >= 15 is 0 Å². The van der Waals surface area contributed by atoms with Crippen molar-refractivity contribution >= 4 is 27.8 Å². The number of nitrogens with one attached hydrogen (secondary N) is 1. The summed E-state index contributed by atoms with van der Waals surface area (Å²) in [5.41, 5.74) is 0.341. The monoisotopic (exact) mass is 361 g/mol. The van der Waals surface area contributed by atoms with E-state index in [-0.39, 0.29) is 23.3 Å². The first kappa shape index (κ1) is 16.7. The van der Waals surface area contributed by atoms with Crippen LogP contribution < -0.4 is 11.0 Å². The number of aromatic nitrogens is 2. The number of fused-ring (bicyclic) bond motifs is 2. The lowest BCUT2D eigenvalue weighted by atomic mass is 10.2. The molecule has 0 spiro atoms. The first-order valence-corrected chi connectivity index (χ1v) is 8.29. The highest BCUT2D eigenvalue weighted by atomic mass is 16.3. The van der Waals surface area contributed by atoms with Crippen LogP contribution in [0.3, 0.4) is 0 Å². The van der Waals surface area contributed by atoms with E-state index in [2.05, 4.69) is 9.97 Å². The Bertz CT molecular complexity index is 1290. The number of para-hydroxylation sites is 2. The SMILES string of the molecule is CN(Cc1nc2ccccc2c(=O)[nH]1)C(=O)c1cc(=O)c2ccccc2o1. The summed E-state index contributed by atoms with van der Waals surface area (Å²) in [5.74, 6) is -0.198. The van der Waals surface area contributed by atoms with Gasteiger partial charge in [0.25, 0.3) is 11.5 Å². The van der Waals surface area contributed by atoms with Crippen molar-refractivity contribution in [2.45, 2.75) is 6.54 Å². The number of carbonyl (C=O) groups excluding carboxylic acids is 1. The average Bonchev–Trinajstić information content (AvgIpc) is 2.67. The first-order valence-electron chi connectivity index (χ1n) is 8.29. The summed E-state index contributed by atoms with van der Waals surface area (Å²) in [6.45, 7) is 0.0649. The van der Waals surface area contributed by atoms with Crippen LogP contribution in [-0.2, 0) is 6.54 Å². The fraction of sp³-hybridized carbons (Fsp3) is 0.100. The number of hydrogen-bond donors (Lipinski definition) is 1.